The molecule has 6 heteroatoms. The van der Waals surface area contributed by atoms with Crippen LogP contribution in [0.3, 0.4) is 0 Å². The number of carbonyl (C=O) groups excluding carboxylic acids is 1. The van der Waals surface area contributed by atoms with E-state index >= 15 is 0 Å². The summed E-state index contributed by atoms with van der Waals surface area (Å²) < 4.78 is 7.66. The fourth-order valence-electron chi connectivity index (χ4n) is 4.97. The van der Waals surface area contributed by atoms with E-state index in [2.05, 4.69) is 60.2 Å². The summed E-state index contributed by atoms with van der Waals surface area (Å²) in [5.41, 5.74) is 2.66. The number of hydrogen-bond donors (Lipinski definition) is 1. The van der Waals surface area contributed by atoms with Crippen LogP contribution in [0, 0.1) is 16.7 Å². The fourth-order valence-corrected chi connectivity index (χ4v) is 4.97. The number of nitrogens with zero attached hydrogens (tertiary/aromatic N) is 3. The first-order chi connectivity index (χ1) is 14.8. The second-order valence-corrected chi connectivity index (χ2v) is 10.4. The minimum absolute atomic E-state index is 0.0425. The maximum Gasteiger partial charge on any atom is 0.225 e. The molecule has 1 atom stereocenters. The Balaban J connectivity index is 1.41. The van der Waals surface area contributed by atoms with E-state index in [-0.39, 0.29) is 22.7 Å². The maximum absolute atomic E-state index is 13.2. The van der Waals surface area contributed by atoms with Crippen molar-refractivity contribution in [3.05, 3.63) is 48.5 Å². The van der Waals surface area contributed by atoms with E-state index in [1.807, 2.05) is 17.1 Å². The maximum atomic E-state index is 13.2. The van der Waals surface area contributed by atoms with E-state index in [9.17, 15) is 4.79 Å². The van der Waals surface area contributed by atoms with Crippen LogP contribution in [0.15, 0.2) is 43.0 Å². The topological polar surface area (TPSA) is 59.4 Å². The van der Waals surface area contributed by atoms with Crippen molar-refractivity contribution < 1.29 is 9.53 Å². The van der Waals surface area contributed by atoms with Gasteiger partial charge < -0.3 is 14.6 Å². The molecule has 0 bridgehead atoms. The summed E-state index contributed by atoms with van der Waals surface area (Å²) in [5.74, 6) is 0.269. The molecule has 2 fully saturated rings. The first kappa shape index (κ1) is 22.0. The highest BCUT2D eigenvalue weighted by Crippen LogP contribution is 2.44. The molecule has 2 aromatic rings. The largest absolute Gasteiger partial charge is 0.381 e. The number of benzene rings is 1. The van der Waals surface area contributed by atoms with Crippen LogP contribution < -0.4 is 5.32 Å². The molecule has 1 unspecified atom stereocenters. The molecule has 1 aromatic heterocycles. The molecule has 2 aliphatic rings. The second-order valence-electron chi connectivity index (χ2n) is 10.4. The van der Waals surface area contributed by atoms with E-state index in [0.717, 1.165) is 64.3 Å². The lowest BCUT2D eigenvalue weighted by Crippen LogP contribution is -2.44. The van der Waals surface area contributed by atoms with Gasteiger partial charge in [0, 0.05) is 62.9 Å². The van der Waals surface area contributed by atoms with Gasteiger partial charge in [-0.1, -0.05) is 32.9 Å². The van der Waals surface area contributed by atoms with Gasteiger partial charge in [0.1, 0.15) is 0 Å². The Bertz CT molecular complexity index is 849. The third kappa shape index (κ3) is 5.36. The van der Waals surface area contributed by atoms with Gasteiger partial charge in [-0.3, -0.25) is 9.69 Å². The summed E-state index contributed by atoms with van der Waals surface area (Å²) in [6, 6.07) is 8.63. The van der Waals surface area contributed by atoms with Crippen LogP contribution in [0.4, 0.5) is 0 Å². The summed E-state index contributed by atoms with van der Waals surface area (Å²) in [7, 11) is 0. The molecule has 3 heterocycles. The smallest absolute Gasteiger partial charge is 0.225 e. The van der Waals surface area contributed by atoms with E-state index < -0.39 is 0 Å². The number of carbonyl (C=O) groups is 1. The van der Waals surface area contributed by atoms with E-state index in [0.29, 0.717) is 0 Å². The molecule has 0 saturated carbocycles. The predicted octanol–water partition coefficient (Wildman–Crippen LogP) is 3.65. The summed E-state index contributed by atoms with van der Waals surface area (Å²) in [5, 5.41) is 3.25. The lowest BCUT2D eigenvalue weighted by Gasteiger charge is -2.37. The molecule has 0 radical (unpaired) electrons. The fraction of sp³-hybridized carbons (Fsp3) is 0.600. The van der Waals surface area contributed by atoms with E-state index in [1.165, 1.54) is 5.56 Å². The van der Waals surface area contributed by atoms with Crippen LogP contribution in [-0.2, 0) is 16.1 Å². The molecular weight excluding hydrogens is 388 g/mol. The first-order valence-electron chi connectivity index (χ1n) is 11.5. The van der Waals surface area contributed by atoms with Crippen molar-refractivity contribution in [2.24, 2.45) is 16.7 Å². The van der Waals surface area contributed by atoms with Crippen molar-refractivity contribution in [1.82, 2.24) is 19.8 Å². The number of imidazole rings is 1. The highest BCUT2D eigenvalue weighted by molar-refractivity contribution is 5.80. The Morgan fingerprint density at radius 1 is 1.23 bits per heavy atom. The molecule has 1 aromatic carbocycles. The van der Waals surface area contributed by atoms with Crippen molar-refractivity contribution in [2.45, 2.75) is 46.6 Å². The monoisotopic (exact) mass is 424 g/mol. The standard InChI is InChI=1S/C25H36N4O2/c1-24(2,3)8-11-27-23(30)22-17-28(18-25(22)9-14-31-15-10-25)16-20-4-6-21(7-5-20)29-13-12-26-19-29/h4-7,12-13,19,22H,8-11,14-18H2,1-3H3,(H,27,30). The van der Waals surface area contributed by atoms with Gasteiger partial charge in [0.15, 0.2) is 0 Å². The van der Waals surface area contributed by atoms with E-state index in [1.54, 1.807) is 6.20 Å². The first-order valence-corrected chi connectivity index (χ1v) is 11.5. The number of ether oxygens (including phenoxy) is 1. The van der Waals surface area contributed by atoms with Crippen molar-refractivity contribution in [3.63, 3.8) is 0 Å². The van der Waals surface area contributed by atoms with Gasteiger partial charge in [-0.15, -0.1) is 0 Å². The van der Waals surface area contributed by atoms with Gasteiger partial charge in [0.05, 0.1) is 12.2 Å². The number of likely N-dealkylation sites (tertiary alicyclic amines) is 1. The van der Waals surface area contributed by atoms with Crippen molar-refractivity contribution in [2.75, 3.05) is 32.8 Å². The minimum atomic E-state index is 0.0425. The second kappa shape index (κ2) is 9.13. The molecular formula is C25H36N4O2. The Morgan fingerprint density at radius 2 is 1.97 bits per heavy atom. The van der Waals surface area contributed by atoms with Crippen LogP contribution in [0.1, 0.15) is 45.6 Å². The normalized spacial score (nSPS) is 21.5. The highest BCUT2D eigenvalue weighted by atomic mass is 16.5. The molecule has 2 saturated heterocycles. The van der Waals surface area contributed by atoms with Crippen LogP contribution in [0.2, 0.25) is 0 Å². The molecule has 168 valence electrons. The average molecular weight is 425 g/mol. The predicted molar refractivity (Wildman–Crippen MR) is 122 cm³/mol. The van der Waals surface area contributed by atoms with Gasteiger partial charge in [-0.25, -0.2) is 4.98 Å². The Labute approximate surface area is 186 Å². The number of aromatic nitrogens is 2. The number of rotatable bonds is 6. The number of nitrogens with one attached hydrogen (secondary N) is 1. The van der Waals surface area contributed by atoms with Crippen LogP contribution >= 0.6 is 0 Å². The van der Waals surface area contributed by atoms with E-state index in [4.69, 9.17) is 4.74 Å². The van der Waals surface area contributed by atoms with Crippen LogP contribution in [0.5, 0.6) is 0 Å². The third-order valence-corrected chi connectivity index (χ3v) is 6.84. The molecule has 1 amide bonds. The highest BCUT2D eigenvalue weighted by Gasteiger charge is 2.50. The van der Waals surface area contributed by atoms with Gasteiger partial charge in [-0.05, 0) is 42.4 Å². The van der Waals surface area contributed by atoms with Crippen molar-refractivity contribution in [3.8, 4) is 5.69 Å². The van der Waals surface area contributed by atoms with Gasteiger partial charge in [0.25, 0.3) is 0 Å². The number of hydrogen-bond acceptors (Lipinski definition) is 4. The summed E-state index contributed by atoms with van der Waals surface area (Å²) >= 11 is 0. The van der Waals surface area contributed by atoms with Gasteiger partial charge in [-0.2, -0.15) is 0 Å². The molecule has 31 heavy (non-hydrogen) atoms. The van der Waals surface area contributed by atoms with Crippen molar-refractivity contribution in [1.29, 1.82) is 0 Å². The molecule has 0 aliphatic carbocycles. The molecule has 4 rings (SSSR count). The van der Waals surface area contributed by atoms with Gasteiger partial charge in [0.2, 0.25) is 5.91 Å². The Morgan fingerprint density at radius 3 is 2.61 bits per heavy atom. The SMILES string of the molecule is CC(C)(C)CCNC(=O)C1CN(Cc2ccc(-n3ccnc3)cc2)CC12CCOCC2. The zero-order chi connectivity index (χ0) is 21.9. The quantitative estimate of drug-likeness (QED) is 0.769. The Kier molecular flexibility index (Phi) is 6.49. The summed E-state index contributed by atoms with van der Waals surface area (Å²) in [4.78, 5) is 19.8. The average Bonchev–Trinajstić information content (AvgIpc) is 3.37. The molecule has 2 aliphatic heterocycles. The lowest BCUT2D eigenvalue weighted by molar-refractivity contribution is -0.129. The number of amides is 1. The minimum Gasteiger partial charge on any atom is -0.381 e. The molecule has 1 N–H and O–H groups in total. The van der Waals surface area contributed by atoms with Crippen molar-refractivity contribution >= 4 is 5.91 Å². The third-order valence-electron chi connectivity index (χ3n) is 6.84. The zero-order valence-electron chi connectivity index (χ0n) is 19.1. The van der Waals surface area contributed by atoms with Crippen LogP contribution in [0.25, 0.3) is 5.69 Å². The lowest BCUT2D eigenvalue weighted by atomic mass is 9.71. The molecule has 6 nitrogen and oxygen atoms in total. The van der Waals surface area contributed by atoms with Crippen LogP contribution in [-0.4, -0.2) is 53.2 Å². The zero-order valence-corrected chi connectivity index (χ0v) is 19.1. The Hall–Kier alpha value is -2.18. The summed E-state index contributed by atoms with van der Waals surface area (Å²) in [6.07, 6.45) is 8.49. The molecule has 1 spiro atoms. The summed E-state index contributed by atoms with van der Waals surface area (Å²) in [6.45, 7) is 11.6. The van der Waals surface area contributed by atoms with Gasteiger partial charge >= 0.3 is 0 Å².